The van der Waals surface area contributed by atoms with Crippen molar-refractivity contribution in [3.05, 3.63) is 59.4 Å². The zero-order valence-corrected chi connectivity index (χ0v) is 14.3. The van der Waals surface area contributed by atoms with Gasteiger partial charge in [-0.2, -0.15) is 13.2 Å². The molecule has 1 heterocycles. The molecular weight excluding hydrogens is 347 g/mol. The largest absolute Gasteiger partial charge is 0.418 e. The van der Waals surface area contributed by atoms with Gasteiger partial charge in [0, 0.05) is 12.2 Å². The standard InChI is InChI=1S/C18H18F3N3O2/c1-3-24(17(26)15-10-6-7-12(2)22-15)11-16(25)23-14-9-5-4-8-13(14)18(19,20)21/h4-10H,3,11H2,1-2H3,(H,23,25). The van der Waals surface area contributed by atoms with Crippen LogP contribution in [0, 0.1) is 6.92 Å². The van der Waals surface area contributed by atoms with Crippen molar-refractivity contribution in [3.8, 4) is 0 Å². The SMILES string of the molecule is CCN(CC(=O)Nc1ccccc1C(F)(F)F)C(=O)c1cccc(C)n1. The number of anilines is 1. The minimum atomic E-state index is -4.59. The lowest BCUT2D eigenvalue weighted by atomic mass is 10.1. The first kappa shape index (κ1) is 19.4. The summed E-state index contributed by atoms with van der Waals surface area (Å²) in [4.78, 5) is 29.9. The lowest BCUT2D eigenvalue weighted by Gasteiger charge is -2.21. The highest BCUT2D eigenvalue weighted by molar-refractivity contribution is 5.98. The van der Waals surface area contributed by atoms with E-state index in [1.54, 1.807) is 26.0 Å². The zero-order chi connectivity index (χ0) is 19.3. The Morgan fingerprint density at radius 2 is 1.81 bits per heavy atom. The fourth-order valence-electron chi connectivity index (χ4n) is 2.35. The molecule has 0 spiro atoms. The Labute approximate surface area is 148 Å². The monoisotopic (exact) mass is 365 g/mol. The van der Waals surface area contributed by atoms with Gasteiger partial charge in [0.25, 0.3) is 5.91 Å². The second-order valence-corrected chi connectivity index (χ2v) is 5.58. The van der Waals surface area contributed by atoms with E-state index < -0.39 is 23.6 Å². The predicted octanol–water partition coefficient (Wildman–Crippen LogP) is 3.51. The fraction of sp³-hybridized carbons (Fsp3) is 0.278. The summed E-state index contributed by atoms with van der Waals surface area (Å²) < 4.78 is 39.0. The smallest absolute Gasteiger partial charge is 0.328 e. The molecule has 8 heteroatoms. The van der Waals surface area contributed by atoms with Gasteiger partial charge in [-0.3, -0.25) is 9.59 Å². The Morgan fingerprint density at radius 1 is 1.12 bits per heavy atom. The molecule has 2 rings (SSSR count). The van der Waals surface area contributed by atoms with Gasteiger partial charge in [0.2, 0.25) is 5.91 Å². The van der Waals surface area contributed by atoms with Crippen LogP contribution in [-0.4, -0.2) is 34.8 Å². The molecule has 0 saturated heterocycles. The number of nitrogens with one attached hydrogen (secondary N) is 1. The van der Waals surface area contributed by atoms with E-state index in [0.29, 0.717) is 5.69 Å². The van der Waals surface area contributed by atoms with Gasteiger partial charge in [-0.25, -0.2) is 4.98 Å². The van der Waals surface area contributed by atoms with Crippen LogP contribution in [0.5, 0.6) is 0 Å². The molecular formula is C18H18F3N3O2. The average molecular weight is 365 g/mol. The second-order valence-electron chi connectivity index (χ2n) is 5.58. The van der Waals surface area contributed by atoms with E-state index in [4.69, 9.17) is 0 Å². The molecule has 0 aliphatic carbocycles. The van der Waals surface area contributed by atoms with Crippen LogP contribution in [0.4, 0.5) is 18.9 Å². The molecule has 1 aromatic heterocycles. The Kier molecular flexibility index (Phi) is 5.97. The molecule has 0 fully saturated rings. The van der Waals surface area contributed by atoms with Crippen LogP contribution in [0.3, 0.4) is 0 Å². The number of carbonyl (C=O) groups excluding carboxylic acids is 2. The first-order chi connectivity index (χ1) is 12.2. The van der Waals surface area contributed by atoms with Crippen molar-refractivity contribution in [1.29, 1.82) is 0 Å². The number of likely N-dealkylation sites (N-methyl/N-ethyl adjacent to an activating group) is 1. The molecule has 138 valence electrons. The lowest BCUT2D eigenvalue weighted by molar-refractivity contribution is -0.137. The normalized spacial score (nSPS) is 11.1. The maximum Gasteiger partial charge on any atom is 0.418 e. The van der Waals surface area contributed by atoms with Crippen molar-refractivity contribution in [2.75, 3.05) is 18.4 Å². The van der Waals surface area contributed by atoms with Gasteiger partial charge >= 0.3 is 6.18 Å². The fourth-order valence-corrected chi connectivity index (χ4v) is 2.35. The van der Waals surface area contributed by atoms with E-state index in [0.717, 1.165) is 6.07 Å². The molecule has 26 heavy (non-hydrogen) atoms. The molecule has 0 saturated carbocycles. The van der Waals surface area contributed by atoms with Crippen LogP contribution < -0.4 is 5.32 Å². The first-order valence-electron chi connectivity index (χ1n) is 7.91. The topological polar surface area (TPSA) is 62.3 Å². The van der Waals surface area contributed by atoms with Crippen molar-refractivity contribution in [1.82, 2.24) is 9.88 Å². The van der Waals surface area contributed by atoms with Crippen molar-refractivity contribution in [2.45, 2.75) is 20.0 Å². The number of alkyl halides is 3. The number of amides is 2. The van der Waals surface area contributed by atoms with Crippen LogP contribution >= 0.6 is 0 Å². The highest BCUT2D eigenvalue weighted by atomic mass is 19.4. The van der Waals surface area contributed by atoms with Crippen molar-refractivity contribution in [3.63, 3.8) is 0 Å². The molecule has 1 aromatic carbocycles. The molecule has 0 radical (unpaired) electrons. The molecule has 2 amide bonds. The Bertz CT molecular complexity index is 806. The number of hydrogen-bond donors (Lipinski definition) is 1. The number of rotatable bonds is 5. The Balaban J connectivity index is 2.12. The first-order valence-corrected chi connectivity index (χ1v) is 7.91. The molecule has 0 aliphatic heterocycles. The summed E-state index contributed by atoms with van der Waals surface area (Å²) in [7, 11) is 0. The average Bonchev–Trinajstić information content (AvgIpc) is 2.58. The summed E-state index contributed by atoms with van der Waals surface area (Å²) in [6.45, 7) is 3.23. The van der Waals surface area contributed by atoms with E-state index in [9.17, 15) is 22.8 Å². The number of pyridine rings is 1. The van der Waals surface area contributed by atoms with Crippen LogP contribution in [0.2, 0.25) is 0 Å². The number of aryl methyl sites for hydroxylation is 1. The third-order valence-corrected chi connectivity index (χ3v) is 3.62. The number of para-hydroxylation sites is 1. The number of benzene rings is 1. The van der Waals surface area contributed by atoms with Crippen LogP contribution in [0.25, 0.3) is 0 Å². The summed E-state index contributed by atoms with van der Waals surface area (Å²) in [6.07, 6.45) is -4.59. The molecule has 2 aromatic rings. The van der Waals surface area contributed by atoms with Gasteiger partial charge in [0.1, 0.15) is 12.2 Å². The minimum absolute atomic E-state index is 0.176. The molecule has 0 unspecified atom stereocenters. The Morgan fingerprint density at radius 3 is 2.42 bits per heavy atom. The third kappa shape index (κ3) is 4.81. The van der Waals surface area contributed by atoms with E-state index in [1.807, 2.05) is 0 Å². The lowest BCUT2D eigenvalue weighted by Crippen LogP contribution is -2.38. The zero-order valence-electron chi connectivity index (χ0n) is 14.3. The maximum absolute atomic E-state index is 13.0. The molecule has 5 nitrogen and oxygen atoms in total. The number of nitrogens with zero attached hydrogens (tertiary/aromatic N) is 2. The summed E-state index contributed by atoms with van der Waals surface area (Å²) in [6, 6.07) is 9.61. The van der Waals surface area contributed by atoms with Gasteiger partial charge in [-0.1, -0.05) is 18.2 Å². The number of halogens is 3. The van der Waals surface area contributed by atoms with E-state index in [2.05, 4.69) is 10.3 Å². The van der Waals surface area contributed by atoms with Gasteiger partial charge in [-0.15, -0.1) is 0 Å². The number of hydrogen-bond acceptors (Lipinski definition) is 3. The molecule has 0 atom stereocenters. The van der Waals surface area contributed by atoms with Gasteiger partial charge in [0.05, 0.1) is 11.3 Å². The predicted molar refractivity (Wildman–Crippen MR) is 90.6 cm³/mol. The van der Waals surface area contributed by atoms with Crippen molar-refractivity contribution < 1.29 is 22.8 Å². The Hall–Kier alpha value is -2.90. The van der Waals surface area contributed by atoms with Crippen molar-refractivity contribution >= 4 is 17.5 Å². The van der Waals surface area contributed by atoms with Crippen molar-refractivity contribution in [2.24, 2.45) is 0 Å². The van der Waals surface area contributed by atoms with E-state index in [-0.39, 0.29) is 24.5 Å². The van der Waals surface area contributed by atoms with Crippen LogP contribution in [0.1, 0.15) is 28.7 Å². The second kappa shape index (κ2) is 7.99. The number of carbonyl (C=O) groups is 2. The number of aromatic nitrogens is 1. The molecule has 1 N–H and O–H groups in total. The van der Waals surface area contributed by atoms with E-state index in [1.165, 1.54) is 29.2 Å². The molecule has 0 aliphatic rings. The highest BCUT2D eigenvalue weighted by Crippen LogP contribution is 2.34. The molecule has 0 bridgehead atoms. The maximum atomic E-state index is 13.0. The van der Waals surface area contributed by atoms with Gasteiger partial charge in [0.15, 0.2) is 0 Å². The van der Waals surface area contributed by atoms with Crippen LogP contribution in [-0.2, 0) is 11.0 Å². The summed E-state index contributed by atoms with van der Waals surface area (Å²) >= 11 is 0. The third-order valence-electron chi connectivity index (χ3n) is 3.62. The van der Waals surface area contributed by atoms with Gasteiger partial charge in [-0.05, 0) is 38.1 Å². The summed E-state index contributed by atoms with van der Waals surface area (Å²) in [5.74, 6) is -1.18. The summed E-state index contributed by atoms with van der Waals surface area (Å²) in [5, 5.41) is 2.23. The van der Waals surface area contributed by atoms with Crippen LogP contribution in [0.15, 0.2) is 42.5 Å². The minimum Gasteiger partial charge on any atom is -0.328 e. The highest BCUT2D eigenvalue weighted by Gasteiger charge is 2.33. The summed E-state index contributed by atoms with van der Waals surface area (Å²) in [5.41, 5.74) is -0.462. The van der Waals surface area contributed by atoms with E-state index >= 15 is 0 Å². The van der Waals surface area contributed by atoms with Gasteiger partial charge < -0.3 is 10.2 Å². The quantitative estimate of drug-likeness (QED) is 0.882.